The number of fused-ring (bicyclic) bond motifs is 1. The average molecular weight is 484 g/mol. The summed E-state index contributed by atoms with van der Waals surface area (Å²) in [6.45, 7) is 4.65. The van der Waals surface area contributed by atoms with Gasteiger partial charge in [-0.1, -0.05) is 24.3 Å². The zero-order valence-electron chi connectivity index (χ0n) is 20.1. The molecule has 3 aromatic carbocycles. The molecule has 0 spiro atoms. The summed E-state index contributed by atoms with van der Waals surface area (Å²) in [5.74, 6) is 0.317. The van der Waals surface area contributed by atoms with E-state index in [4.69, 9.17) is 4.74 Å². The lowest BCUT2D eigenvalue weighted by atomic mass is 9.96. The number of hydrazine groups is 1. The number of phenols is 2. The smallest absolute Gasteiger partial charge is 0.258 e. The number of aryl methyl sites for hydroxylation is 1. The van der Waals surface area contributed by atoms with Gasteiger partial charge in [0, 0.05) is 47.7 Å². The number of morpholine rings is 1. The Hall–Kier alpha value is -4.07. The number of benzene rings is 3. The number of aromatic nitrogens is 1. The summed E-state index contributed by atoms with van der Waals surface area (Å²) >= 11 is 0. The number of hydrogen-bond donors (Lipinski definition) is 4. The van der Waals surface area contributed by atoms with E-state index < -0.39 is 0 Å². The molecule has 1 amide bonds. The fourth-order valence-electron chi connectivity index (χ4n) is 4.61. The van der Waals surface area contributed by atoms with Crippen LogP contribution in [0, 0.1) is 6.92 Å². The highest BCUT2D eigenvalue weighted by Gasteiger charge is 2.16. The third kappa shape index (κ3) is 5.12. The second-order valence-corrected chi connectivity index (χ2v) is 8.98. The van der Waals surface area contributed by atoms with E-state index in [9.17, 15) is 15.0 Å². The highest BCUT2D eigenvalue weighted by atomic mass is 16.5. The van der Waals surface area contributed by atoms with Crippen LogP contribution in [0.1, 0.15) is 22.3 Å². The lowest BCUT2D eigenvalue weighted by molar-refractivity contribution is -0.123. The molecule has 36 heavy (non-hydrogen) atoms. The maximum Gasteiger partial charge on any atom is 0.258 e. The van der Waals surface area contributed by atoms with Crippen molar-refractivity contribution in [2.45, 2.75) is 13.3 Å². The standard InChI is InChI=1S/C29H29N3O4/c1-19-28-24(26(34)12-11-25(28)30-29(19)22-7-9-23(33)10-8-22)18-21-4-2-20(3-5-21)6-13-27(35)31-32-14-16-36-17-15-32/h2-13,30,33-34H,14-18H2,1H3,(H,31,35). The van der Waals surface area contributed by atoms with Crippen LogP contribution >= 0.6 is 0 Å². The third-order valence-corrected chi connectivity index (χ3v) is 6.52. The molecule has 7 heteroatoms. The minimum absolute atomic E-state index is 0.162. The fourth-order valence-corrected chi connectivity index (χ4v) is 4.61. The zero-order valence-corrected chi connectivity index (χ0v) is 20.1. The summed E-state index contributed by atoms with van der Waals surface area (Å²) in [5, 5.41) is 23.2. The molecule has 7 nitrogen and oxygen atoms in total. The number of aromatic amines is 1. The first-order valence-electron chi connectivity index (χ1n) is 12.0. The minimum atomic E-state index is -0.162. The highest BCUT2D eigenvalue weighted by Crippen LogP contribution is 2.37. The molecule has 1 fully saturated rings. The van der Waals surface area contributed by atoms with Crippen molar-refractivity contribution in [2.24, 2.45) is 0 Å². The molecule has 0 radical (unpaired) electrons. The van der Waals surface area contributed by atoms with E-state index in [-0.39, 0.29) is 17.4 Å². The monoisotopic (exact) mass is 483 g/mol. The number of hydrogen-bond acceptors (Lipinski definition) is 5. The Kier molecular flexibility index (Phi) is 6.75. The summed E-state index contributed by atoms with van der Waals surface area (Å²) < 4.78 is 5.29. The molecule has 1 aromatic heterocycles. The van der Waals surface area contributed by atoms with Crippen molar-refractivity contribution in [1.82, 2.24) is 15.4 Å². The van der Waals surface area contributed by atoms with Crippen molar-refractivity contribution in [3.63, 3.8) is 0 Å². The average Bonchev–Trinajstić information content (AvgIpc) is 3.23. The quantitative estimate of drug-likeness (QED) is 0.302. The van der Waals surface area contributed by atoms with Crippen molar-refractivity contribution < 1.29 is 19.7 Å². The predicted octanol–water partition coefficient (Wildman–Crippen LogP) is 4.52. The molecule has 1 saturated heterocycles. The lowest BCUT2D eigenvalue weighted by Crippen LogP contribution is -2.47. The van der Waals surface area contributed by atoms with Gasteiger partial charge in [-0.05, 0) is 71.7 Å². The summed E-state index contributed by atoms with van der Waals surface area (Å²) in [7, 11) is 0. The van der Waals surface area contributed by atoms with E-state index in [1.165, 1.54) is 6.08 Å². The molecule has 1 aliphatic heterocycles. The zero-order chi connectivity index (χ0) is 25.1. The van der Waals surface area contributed by atoms with Crippen molar-refractivity contribution in [3.05, 3.63) is 89.0 Å². The SMILES string of the molecule is Cc1c(-c2ccc(O)cc2)[nH]c2ccc(O)c(Cc3ccc(C=CC(=O)NN4CCOCC4)cc3)c12. The van der Waals surface area contributed by atoms with Crippen LogP contribution in [-0.2, 0) is 16.0 Å². The molecule has 0 bridgehead atoms. The summed E-state index contributed by atoms with van der Waals surface area (Å²) in [6.07, 6.45) is 3.89. The molecule has 4 N–H and O–H groups in total. The highest BCUT2D eigenvalue weighted by molar-refractivity contribution is 5.95. The predicted molar refractivity (Wildman–Crippen MR) is 141 cm³/mol. The number of amides is 1. The molecule has 4 aromatic rings. The maximum atomic E-state index is 12.2. The van der Waals surface area contributed by atoms with Gasteiger partial charge < -0.3 is 19.9 Å². The first-order chi connectivity index (χ1) is 17.5. The molecule has 0 atom stereocenters. The molecule has 184 valence electrons. The fraction of sp³-hybridized carbons (Fsp3) is 0.207. The van der Waals surface area contributed by atoms with Gasteiger partial charge in [0.15, 0.2) is 0 Å². The number of carbonyl (C=O) groups excluding carboxylic acids is 1. The number of rotatable bonds is 6. The summed E-state index contributed by atoms with van der Waals surface area (Å²) in [6, 6.07) is 18.7. The van der Waals surface area contributed by atoms with Crippen LogP contribution in [0.3, 0.4) is 0 Å². The van der Waals surface area contributed by atoms with E-state index in [1.807, 2.05) is 54.4 Å². The Bertz CT molecular complexity index is 1400. The number of H-pyrrole nitrogens is 1. The Balaban J connectivity index is 1.34. The Morgan fingerprint density at radius 2 is 1.75 bits per heavy atom. The molecule has 0 aliphatic carbocycles. The Morgan fingerprint density at radius 3 is 2.47 bits per heavy atom. The molecule has 2 heterocycles. The van der Waals surface area contributed by atoms with Crippen LogP contribution in [0.15, 0.2) is 66.7 Å². The summed E-state index contributed by atoms with van der Waals surface area (Å²) in [5.41, 5.74) is 9.64. The largest absolute Gasteiger partial charge is 0.508 e. The number of carbonyl (C=O) groups is 1. The van der Waals surface area contributed by atoms with E-state index >= 15 is 0 Å². The van der Waals surface area contributed by atoms with Gasteiger partial charge in [0.05, 0.1) is 13.2 Å². The van der Waals surface area contributed by atoms with Gasteiger partial charge in [-0.2, -0.15) is 0 Å². The van der Waals surface area contributed by atoms with E-state index in [0.29, 0.717) is 32.7 Å². The Morgan fingerprint density at radius 1 is 1.03 bits per heavy atom. The third-order valence-electron chi connectivity index (χ3n) is 6.52. The number of nitrogens with zero attached hydrogens (tertiary/aromatic N) is 1. The van der Waals surface area contributed by atoms with E-state index in [0.717, 1.165) is 44.4 Å². The lowest BCUT2D eigenvalue weighted by Gasteiger charge is -2.26. The van der Waals surface area contributed by atoms with Gasteiger partial charge in [-0.3, -0.25) is 10.2 Å². The summed E-state index contributed by atoms with van der Waals surface area (Å²) in [4.78, 5) is 15.7. The topological polar surface area (TPSA) is 97.8 Å². The first-order valence-corrected chi connectivity index (χ1v) is 12.0. The normalized spacial score (nSPS) is 14.5. The molecule has 1 aliphatic rings. The van der Waals surface area contributed by atoms with Gasteiger partial charge in [-0.25, -0.2) is 5.01 Å². The van der Waals surface area contributed by atoms with Crippen LogP contribution in [0.4, 0.5) is 0 Å². The van der Waals surface area contributed by atoms with Gasteiger partial charge in [0.25, 0.3) is 5.91 Å². The molecular weight excluding hydrogens is 454 g/mol. The Labute approximate surface area is 209 Å². The van der Waals surface area contributed by atoms with Crippen LogP contribution in [0.2, 0.25) is 0 Å². The van der Waals surface area contributed by atoms with Crippen molar-refractivity contribution in [3.8, 4) is 22.8 Å². The molecule has 5 rings (SSSR count). The second-order valence-electron chi connectivity index (χ2n) is 8.98. The van der Waals surface area contributed by atoms with Gasteiger partial charge in [0.1, 0.15) is 11.5 Å². The number of nitrogens with one attached hydrogen (secondary N) is 2. The van der Waals surface area contributed by atoms with Crippen molar-refractivity contribution >= 4 is 22.9 Å². The molecule has 0 saturated carbocycles. The van der Waals surface area contributed by atoms with Crippen molar-refractivity contribution in [1.29, 1.82) is 0 Å². The van der Waals surface area contributed by atoms with Crippen LogP contribution in [0.5, 0.6) is 11.5 Å². The van der Waals surface area contributed by atoms with Crippen molar-refractivity contribution in [2.75, 3.05) is 26.3 Å². The van der Waals surface area contributed by atoms with Crippen LogP contribution in [-0.4, -0.2) is 52.4 Å². The number of aromatic hydroxyl groups is 2. The molecular formula is C29H29N3O4. The van der Waals surface area contributed by atoms with Gasteiger partial charge in [0.2, 0.25) is 0 Å². The number of phenolic OH excluding ortho intramolecular Hbond substituents is 2. The van der Waals surface area contributed by atoms with Gasteiger partial charge >= 0.3 is 0 Å². The van der Waals surface area contributed by atoms with Crippen LogP contribution in [0.25, 0.3) is 28.2 Å². The van der Waals surface area contributed by atoms with E-state index in [1.54, 1.807) is 24.3 Å². The minimum Gasteiger partial charge on any atom is -0.508 e. The second kappa shape index (κ2) is 10.3. The first kappa shape index (κ1) is 23.7. The van der Waals surface area contributed by atoms with Crippen LogP contribution < -0.4 is 5.43 Å². The maximum absolute atomic E-state index is 12.2. The molecule has 0 unspecified atom stereocenters. The van der Waals surface area contributed by atoms with Gasteiger partial charge in [-0.15, -0.1) is 0 Å². The van der Waals surface area contributed by atoms with E-state index in [2.05, 4.69) is 10.4 Å². The number of ether oxygens (including phenoxy) is 1.